The SMILES string of the molecule is COc1ccc(C2CC(c3ccccc3)=NN2C(=O)CCC(=O)Nc2ccccc2OC)cc1. The summed E-state index contributed by atoms with van der Waals surface area (Å²) in [6.07, 6.45) is 0.674. The fourth-order valence-corrected chi connectivity index (χ4v) is 3.93. The van der Waals surface area contributed by atoms with Gasteiger partial charge in [-0.15, -0.1) is 0 Å². The highest BCUT2D eigenvalue weighted by Crippen LogP contribution is 2.34. The Kier molecular flexibility index (Phi) is 7.22. The van der Waals surface area contributed by atoms with Gasteiger partial charge in [-0.25, -0.2) is 5.01 Å². The van der Waals surface area contributed by atoms with Crippen LogP contribution in [0.1, 0.15) is 36.4 Å². The molecule has 0 bridgehead atoms. The summed E-state index contributed by atoms with van der Waals surface area (Å²) in [4.78, 5) is 25.7. The van der Waals surface area contributed by atoms with E-state index in [1.165, 1.54) is 5.01 Å². The quantitative estimate of drug-likeness (QED) is 0.527. The molecular weight excluding hydrogens is 430 g/mol. The summed E-state index contributed by atoms with van der Waals surface area (Å²) < 4.78 is 10.5. The highest BCUT2D eigenvalue weighted by atomic mass is 16.5. The summed E-state index contributed by atoms with van der Waals surface area (Å²) in [6, 6.07) is 24.4. The van der Waals surface area contributed by atoms with Gasteiger partial charge in [-0.05, 0) is 35.4 Å². The third kappa shape index (κ3) is 5.26. The van der Waals surface area contributed by atoms with E-state index in [1.807, 2.05) is 66.7 Å². The molecule has 0 fully saturated rings. The van der Waals surface area contributed by atoms with E-state index in [0.717, 1.165) is 22.6 Å². The molecule has 0 saturated carbocycles. The normalized spacial score (nSPS) is 14.9. The van der Waals surface area contributed by atoms with E-state index in [1.54, 1.807) is 26.4 Å². The highest BCUT2D eigenvalue weighted by molar-refractivity contribution is 6.03. The maximum atomic E-state index is 13.2. The smallest absolute Gasteiger partial charge is 0.243 e. The number of nitrogens with one attached hydrogen (secondary N) is 1. The number of amides is 2. The van der Waals surface area contributed by atoms with Crippen LogP contribution in [0.2, 0.25) is 0 Å². The van der Waals surface area contributed by atoms with Crippen molar-refractivity contribution in [1.82, 2.24) is 5.01 Å². The van der Waals surface area contributed by atoms with E-state index in [2.05, 4.69) is 10.4 Å². The molecule has 1 heterocycles. The highest BCUT2D eigenvalue weighted by Gasteiger charge is 2.33. The molecule has 1 unspecified atom stereocenters. The Labute approximate surface area is 199 Å². The number of hydrogen-bond donors (Lipinski definition) is 1. The van der Waals surface area contributed by atoms with Crippen molar-refractivity contribution in [2.24, 2.45) is 5.10 Å². The van der Waals surface area contributed by atoms with Crippen LogP contribution in [0.5, 0.6) is 11.5 Å². The first-order chi connectivity index (χ1) is 16.6. The van der Waals surface area contributed by atoms with Crippen molar-refractivity contribution in [2.45, 2.75) is 25.3 Å². The molecular formula is C27H27N3O4. The molecule has 1 aliphatic rings. The molecule has 2 amide bonds. The Hall–Kier alpha value is -4.13. The number of rotatable bonds is 8. The molecule has 4 rings (SSSR count). The van der Waals surface area contributed by atoms with Crippen LogP contribution in [0.4, 0.5) is 5.69 Å². The number of carbonyl (C=O) groups is 2. The zero-order chi connectivity index (χ0) is 23.9. The van der Waals surface area contributed by atoms with Gasteiger partial charge in [-0.1, -0.05) is 54.6 Å². The molecule has 1 atom stereocenters. The molecule has 0 radical (unpaired) electrons. The summed E-state index contributed by atoms with van der Waals surface area (Å²) in [6.45, 7) is 0. The van der Waals surface area contributed by atoms with Gasteiger partial charge in [0.1, 0.15) is 11.5 Å². The minimum Gasteiger partial charge on any atom is -0.497 e. The summed E-state index contributed by atoms with van der Waals surface area (Å²) in [5, 5.41) is 8.99. The number of carbonyl (C=O) groups excluding carboxylic acids is 2. The van der Waals surface area contributed by atoms with E-state index >= 15 is 0 Å². The van der Waals surface area contributed by atoms with Crippen molar-refractivity contribution in [2.75, 3.05) is 19.5 Å². The summed E-state index contributed by atoms with van der Waals surface area (Å²) >= 11 is 0. The molecule has 1 N–H and O–H groups in total. The number of hydrogen-bond acceptors (Lipinski definition) is 5. The third-order valence-electron chi connectivity index (χ3n) is 5.72. The summed E-state index contributed by atoms with van der Waals surface area (Å²) in [7, 11) is 3.16. The summed E-state index contributed by atoms with van der Waals surface area (Å²) in [5.41, 5.74) is 3.35. The third-order valence-corrected chi connectivity index (χ3v) is 5.72. The van der Waals surface area contributed by atoms with Gasteiger partial charge in [0.05, 0.1) is 31.7 Å². The van der Waals surface area contributed by atoms with Gasteiger partial charge < -0.3 is 14.8 Å². The lowest BCUT2D eigenvalue weighted by atomic mass is 9.98. The van der Waals surface area contributed by atoms with Crippen molar-refractivity contribution in [3.63, 3.8) is 0 Å². The van der Waals surface area contributed by atoms with Gasteiger partial charge in [-0.2, -0.15) is 5.10 Å². The lowest BCUT2D eigenvalue weighted by molar-refractivity contribution is -0.134. The molecule has 0 saturated heterocycles. The van der Waals surface area contributed by atoms with Gasteiger partial charge in [0.25, 0.3) is 0 Å². The first kappa shape index (κ1) is 23.0. The van der Waals surface area contributed by atoms with E-state index in [-0.39, 0.29) is 30.7 Å². The van der Waals surface area contributed by atoms with Crippen LogP contribution >= 0.6 is 0 Å². The van der Waals surface area contributed by atoms with Crippen molar-refractivity contribution >= 4 is 23.2 Å². The fraction of sp³-hybridized carbons (Fsp3) is 0.222. The van der Waals surface area contributed by atoms with Crippen LogP contribution in [0.15, 0.2) is 84.0 Å². The van der Waals surface area contributed by atoms with Crippen molar-refractivity contribution in [1.29, 1.82) is 0 Å². The second-order valence-corrected chi connectivity index (χ2v) is 7.89. The Morgan fingerprint density at radius 2 is 1.62 bits per heavy atom. The molecule has 0 aliphatic carbocycles. The number of ether oxygens (including phenoxy) is 2. The van der Waals surface area contributed by atoms with Gasteiger partial charge in [0.2, 0.25) is 11.8 Å². The van der Waals surface area contributed by atoms with Gasteiger partial charge in [-0.3, -0.25) is 9.59 Å². The van der Waals surface area contributed by atoms with Crippen LogP contribution in [-0.2, 0) is 9.59 Å². The molecule has 0 spiro atoms. The zero-order valence-electron chi connectivity index (χ0n) is 19.2. The van der Waals surface area contributed by atoms with E-state index < -0.39 is 0 Å². The van der Waals surface area contributed by atoms with Gasteiger partial charge in [0, 0.05) is 19.3 Å². The molecule has 174 valence electrons. The second-order valence-electron chi connectivity index (χ2n) is 7.89. The van der Waals surface area contributed by atoms with Crippen LogP contribution in [0.25, 0.3) is 0 Å². The van der Waals surface area contributed by atoms with E-state index in [9.17, 15) is 9.59 Å². The Morgan fingerprint density at radius 1 is 0.912 bits per heavy atom. The standard InChI is InChI=1S/C27H27N3O4/c1-33-21-14-12-20(13-15-21)24-18-23(19-8-4-3-5-9-19)29-30(24)27(32)17-16-26(31)28-22-10-6-7-11-25(22)34-2/h3-15,24H,16-18H2,1-2H3,(H,28,31). The lowest BCUT2D eigenvalue weighted by Gasteiger charge is -2.22. The number of benzene rings is 3. The molecule has 3 aromatic rings. The van der Waals surface area contributed by atoms with Crippen LogP contribution in [0.3, 0.4) is 0 Å². The molecule has 7 heteroatoms. The fourth-order valence-electron chi connectivity index (χ4n) is 3.93. The average molecular weight is 458 g/mol. The molecule has 7 nitrogen and oxygen atoms in total. The number of nitrogens with zero attached hydrogens (tertiary/aromatic N) is 2. The van der Waals surface area contributed by atoms with E-state index in [0.29, 0.717) is 17.9 Å². The summed E-state index contributed by atoms with van der Waals surface area (Å²) in [5.74, 6) is 0.850. The first-order valence-corrected chi connectivity index (χ1v) is 11.1. The largest absolute Gasteiger partial charge is 0.497 e. The predicted octanol–water partition coefficient (Wildman–Crippen LogP) is 4.80. The molecule has 34 heavy (non-hydrogen) atoms. The van der Waals surface area contributed by atoms with Crippen LogP contribution in [-0.4, -0.2) is 36.8 Å². The zero-order valence-corrected chi connectivity index (χ0v) is 19.2. The number of methoxy groups -OCH3 is 2. The maximum Gasteiger partial charge on any atom is 0.243 e. The molecule has 1 aliphatic heterocycles. The second kappa shape index (κ2) is 10.7. The van der Waals surface area contributed by atoms with Crippen molar-refractivity contribution < 1.29 is 19.1 Å². The minimum absolute atomic E-state index is 0.0406. The van der Waals surface area contributed by atoms with Crippen molar-refractivity contribution in [3.8, 4) is 11.5 Å². The Balaban J connectivity index is 1.48. The predicted molar refractivity (Wildman–Crippen MR) is 131 cm³/mol. The topological polar surface area (TPSA) is 80.2 Å². The first-order valence-electron chi connectivity index (χ1n) is 11.1. The average Bonchev–Trinajstić information content (AvgIpc) is 3.34. The van der Waals surface area contributed by atoms with E-state index in [4.69, 9.17) is 9.47 Å². The number of anilines is 1. The monoisotopic (exact) mass is 457 g/mol. The maximum absolute atomic E-state index is 13.2. The van der Waals surface area contributed by atoms with Crippen LogP contribution < -0.4 is 14.8 Å². The number of hydrazone groups is 1. The Morgan fingerprint density at radius 3 is 2.32 bits per heavy atom. The van der Waals surface area contributed by atoms with Gasteiger partial charge in [0.15, 0.2) is 0 Å². The number of para-hydroxylation sites is 2. The van der Waals surface area contributed by atoms with Crippen molar-refractivity contribution in [3.05, 3.63) is 90.0 Å². The molecule has 3 aromatic carbocycles. The van der Waals surface area contributed by atoms with Crippen LogP contribution in [0, 0.1) is 0 Å². The lowest BCUT2D eigenvalue weighted by Crippen LogP contribution is -2.28. The Bertz CT molecular complexity index is 1180. The minimum atomic E-state index is -0.259. The molecule has 0 aromatic heterocycles. The van der Waals surface area contributed by atoms with Gasteiger partial charge >= 0.3 is 0 Å².